The Morgan fingerprint density at radius 1 is 0.926 bits per heavy atom. The van der Waals surface area contributed by atoms with Crippen LogP contribution in [-0.2, 0) is 0 Å². The Labute approximate surface area is 166 Å². The Bertz CT molecular complexity index is 1210. The van der Waals surface area contributed by atoms with Crippen LogP contribution in [0.5, 0.6) is 0 Å². The average Bonchev–Trinajstić information content (AvgIpc) is 3.13. The van der Waals surface area contributed by atoms with Crippen LogP contribution >= 0.6 is 23.8 Å². The molecule has 0 aliphatic carbocycles. The molecule has 3 nitrogen and oxygen atoms in total. The van der Waals surface area contributed by atoms with Crippen LogP contribution in [0.15, 0.2) is 77.2 Å². The first-order chi connectivity index (χ1) is 13.2. The molecule has 0 bridgehead atoms. The smallest absolute Gasteiger partial charge is 0.171 e. The van der Waals surface area contributed by atoms with Crippen LogP contribution < -0.4 is 10.6 Å². The predicted molar refractivity (Wildman–Crippen MR) is 115 cm³/mol. The van der Waals surface area contributed by atoms with E-state index in [0.717, 1.165) is 28.0 Å². The minimum Gasteiger partial charge on any atom is -0.455 e. The molecule has 132 valence electrons. The van der Waals surface area contributed by atoms with Crippen LogP contribution in [0, 0.1) is 0 Å². The second kappa shape index (κ2) is 6.41. The first-order valence-corrected chi connectivity index (χ1v) is 9.42. The number of thiocarbonyl (C=S) groups is 1. The molecule has 0 amide bonds. The second-order valence-corrected chi connectivity index (χ2v) is 7.36. The van der Waals surface area contributed by atoms with E-state index >= 15 is 0 Å². The summed E-state index contributed by atoms with van der Waals surface area (Å²) in [4.78, 5) is 0. The van der Waals surface area contributed by atoms with E-state index in [1.165, 1.54) is 10.8 Å². The van der Waals surface area contributed by atoms with Gasteiger partial charge in [0.25, 0.3) is 0 Å². The fourth-order valence-electron chi connectivity index (χ4n) is 3.47. The van der Waals surface area contributed by atoms with E-state index in [2.05, 4.69) is 41.0 Å². The molecule has 0 saturated carbocycles. The molecule has 1 atom stereocenters. The van der Waals surface area contributed by atoms with Gasteiger partial charge in [0, 0.05) is 10.4 Å². The second-order valence-electron chi connectivity index (χ2n) is 6.52. The van der Waals surface area contributed by atoms with Gasteiger partial charge in [-0.05, 0) is 58.9 Å². The molecule has 1 aliphatic heterocycles. The molecule has 5 heteroatoms. The first-order valence-electron chi connectivity index (χ1n) is 8.64. The van der Waals surface area contributed by atoms with E-state index in [9.17, 15) is 0 Å². The van der Waals surface area contributed by atoms with Crippen LogP contribution in [0.1, 0.15) is 17.4 Å². The Kier molecular flexibility index (Phi) is 3.88. The molecule has 2 N–H and O–H groups in total. The highest BCUT2D eigenvalue weighted by atomic mass is 35.5. The Hall–Kier alpha value is -2.82. The summed E-state index contributed by atoms with van der Waals surface area (Å²) in [7, 11) is 0. The van der Waals surface area contributed by atoms with Crippen LogP contribution in [0.2, 0.25) is 5.02 Å². The lowest BCUT2D eigenvalue weighted by atomic mass is 10.0. The van der Waals surface area contributed by atoms with Gasteiger partial charge in [0.1, 0.15) is 5.58 Å². The minimum atomic E-state index is -0.0454. The third-order valence-corrected chi connectivity index (χ3v) is 5.26. The number of halogens is 1. The highest BCUT2D eigenvalue weighted by Crippen LogP contribution is 2.32. The number of furan rings is 1. The van der Waals surface area contributed by atoms with E-state index in [4.69, 9.17) is 28.2 Å². The largest absolute Gasteiger partial charge is 0.455 e. The van der Waals surface area contributed by atoms with Crippen molar-refractivity contribution in [1.29, 1.82) is 0 Å². The molecule has 0 fully saturated rings. The molecule has 1 aromatic heterocycles. The monoisotopic (exact) mass is 390 g/mol. The maximum Gasteiger partial charge on any atom is 0.171 e. The number of fused-ring (bicyclic) bond motifs is 3. The van der Waals surface area contributed by atoms with Crippen molar-refractivity contribution >= 4 is 56.4 Å². The summed E-state index contributed by atoms with van der Waals surface area (Å²) in [6, 6.07) is 22.2. The summed E-state index contributed by atoms with van der Waals surface area (Å²) in [5.74, 6) is 0.768. The van der Waals surface area contributed by atoms with E-state index in [1.54, 1.807) is 0 Å². The summed E-state index contributed by atoms with van der Waals surface area (Å²) >= 11 is 11.4. The van der Waals surface area contributed by atoms with Gasteiger partial charge in [0.2, 0.25) is 0 Å². The van der Waals surface area contributed by atoms with E-state index < -0.39 is 0 Å². The summed E-state index contributed by atoms with van der Waals surface area (Å²) in [5.41, 5.74) is 2.81. The molecule has 0 radical (unpaired) electrons. The average molecular weight is 391 g/mol. The van der Waals surface area contributed by atoms with Gasteiger partial charge in [-0.2, -0.15) is 0 Å². The molecular formula is C22H15ClN2OS. The van der Waals surface area contributed by atoms with Crippen molar-refractivity contribution in [3.8, 4) is 0 Å². The molecule has 5 rings (SSSR count). The molecule has 3 aromatic carbocycles. The number of rotatable bonds is 2. The van der Waals surface area contributed by atoms with Crippen molar-refractivity contribution < 1.29 is 4.42 Å². The SMILES string of the molecule is S=C1NC(c2cc3c(ccc4ccccc43)o2)=CC(c2ccc(Cl)cc2)N1. The van der Waals surface area contributed by atoms with Crippen LogP contribution in [0.25, 0.3) is 27.4 Å². The van der Waals surface area contributed by atoms with Crippen LogP contribution in [0.3, 0.4) is 0 Å². The van der Waals surface area contributed by atoms with Crippen molar-refractivity contribution in [2.24, 2.45) is 0 Å². The van der Waals surface area contributed by atoms with Gasteiger partial charge in [-0.1, -0.05) is 54.1 Å². The molecule has 0 spiro atoms. The van der Waals surface area contributed by atoms with Gasteiger partial charge in [-0.25, -0.2) is 0 Å². The molecule has 27 heavy (non-hydrogen) atoms. The van der Waals surface area contributed by atoms with Crippen molar-refractivity contribution in [2.75, 3.05) is 0 Å². The predicted octanol–water partition coefficient (Wildman–Crippen LogP) is 5.80. The summed E-state index contributed by atoms with van der Waals surface area (Å²) < 4.78 is 6.13. The minimum absolute atomic E-state index is 0.0454. The number of hydrogen-bond donors (Lipinski definition) is 2. The zero-order chi connectivity index (χ0) is 18.4. The normalized spacial score (nSPS) is 16.9. The third-order valence-electron chi connectivity index (χ3n) is 4.79. The maximum atomic E-state index is 6.13. The lowest BCUT2D eigenvalue weighted by Crippen LogP contribution is -2.40. The van der Waals surface area contributed by atoms with Gasteiger partial charge in [0.15, 0.2) is 10.9 Å². The fraction of sp³-hybridized carbons (Fsp3) is 0.0455. The quantitative estimate of drug-likeness (QED) is 0.424. The lowest BCUT2D eigenvalue weighted by molar-refractivity contribution is 0.592. The highest BCUT2D eigenvalue weighted by Gasteiger charge is 2.21. The molecule has 1 unspecified atom stereocenters. The topological polar surface area (TPSA) is 37.2 Å². The Morgan fingerprint density at radius 2 is 1.74 bits per heavy atom. The molecule has 1 aliphatic rings. The van der Waals surface area contributed by atoms with Gasteiger partial charge in [0.05, 0.1) is 11.7 Å². The molecular weight excluding hydrogens is 376 g/mol. The number of hydrogen-bond acceptors (Lipinski definition) is 2. The number of nitrogens with one attached hydrogen (secondary N) is 2. The van der Waals surface area contributed by atoms with Gasteiger partial charge < -0.3 is 15.1 Å². The van der Waals surface area contributed by atoms with Crippen molar-refractivity contribution in [1.82, 2.24) is 10.6 Å². The third kappa shape index (κ3) is 2.97. The van der Waals surface area contributed by atoms with E-state index in [-0.39, 0.29) is 6.04 Å². The standard InChI is InChI=1S/C22H15ClN2OS/c23-15-8-5-14(6-9-15)18-12-19(25-22(27)24-18)21-11-17-16-4-2-1-3-13(16)7-10-20(17)26-21/h1-12,18H,(H2,24,25,27). The van der Waals surface area contributed by atoms with E-state index in [1.807, 2.05) is 42.5 Å². The first kappa shape index (κ1) is 16.4. The molecule has 0 saturated heterocycles. The van der Waals surface area contributed by atoms with Crippen molar-refractivity contribution in [3.05, 3.63) is 89.2 Å². The zero-order valence-electron chi connectivity index (χ0n) is 14.2. The van der Waals surface area contributed by atoms with Crippen LogP contribution in [0.4, 0.5) is 0 Å². The summed E-state index contributed by atoms with van der Waals surface area (Å²) in [6.07, 6.45) is 2.08. The summed E-state index contributed by atoms with van der Waals surface area (Å²) in [5, 5.41) is 11.2. The Morgan fingerprint density at radius 3 is 2.59 bits per heavy atom. The van der Waals surface area contributed by atoms with Crippen molar-refractivity contribution in [2.45, 2.75) is 6.04 Å². The van der Waals surface area contributed by atoms with Gasteiger partial charge in [-0.15, -0.1) is 0 Å². The highest BCUT2D eigenvalue weighted by molar-refractivity contribution is 7.80. The number of benzene rings is 3. The maximum absolute atomic E-state index is 6.13. The fourth-order valence-corrected chi connectivity index (χ4v) is 3.83. The van der Waals surface area contributed by atoms with E-state index in [0.29, 0.717) is 10.1 Å². The molecule has 4 aromatic rings. The lowest BCUT2D eigenvalue weighted by Gasteiger charge is -2.25. The molecule has 2 heterocycles. The van der Waals surface area contributed by atoms with Gasteiger partial charge >= 0.3 is 0 Å². The van der Waals surface area contributed by atoms with Crippen LogP contribution in [-0.4, -0.2) is 5.11 Å². The van der Waals surface area contributed by atoms with Gasteiger partial charge in [-0.3, -0.25) is 0 Å². The zero-order valence-corrected chi connectivity index (χ0v) is 15.8. The summed E-state index contributed by atoms with van der Waals surface area (Å²) in [6.45, 7) is 0. The van der Waals surface area contributed by atoms with Crippen molar-refractivity contribution in [3.63, 3.8) is 0 Å². The Balaban J connectivity index is 1.61.